The summed E-state index contributed by atoms with van der Waals surface area (Å²) in [5.74, 6) is 2.41. The largest absolute Gasteiger partial charge is 0.497 e. The molecule has 2 rings (SSSR count). The van der Waals surface area contributed by atoms with Crippen LogP contribution >= 0.6 is 0 Å². The first kappa shape index (κ1) is 21.9. The molecule has 0 bridgehead atoms. The standard InChI is InChI=1S/C21H34N4O3/c1-15(17-13-16(27-5)9-10-18(17)28-6)24-20(22-2)23-14-21(11-7-8-12-21)19(26)25(3)4/h9-10,13,15H,7-8,11-12,14H2,1-6H3,(H2,22,23,24). The molecule has 1 amide bonds. The number of rotatable bonds is 7. The van der Waals surface area contributed by atoms with Crippen LogP contribution in [0, 0.1) is 5.41 Å². The molecule has 7 heteroatoms. The van der Waals surface area contributed by atoms with Gasteiger partial charge < -0.3 is 25.0 Å². The molecule has 0 radical (unpaired) electrons. The van der Waals surface area contributed by atoms with Crippen molar-refractivity contribution in [2.75, 3.05) is 41.9 Å². The van der Waals surface area contributed by atoms with Gasteiger partial charge in [-0.2, -0.15) is 0 Å². The topological polar surface area (TPSA) is 75.2 Å². The van der Waals surface area contributed by atoms with Gasteiger partial charge in [-0.15, -0.1) is 0 Å². The van der Waals surface area contributed by atoms with E-state index in [-0.39, 0.29) is 17.4 Å². The maximum atomic E-state index is 12.8. The number of hydrogen-bond acceptors (Lipinski definition) is 4. The minimum Gasteiger partial charge on any atom is -0.497 e. The number of ether oxygens (including phenoxy) is 2. The molecule has 1 unspecified atom stereocenters. The first-order valence-electron chi connectivity index (χ1n) is 9.77. The van der Waals surface area contributed by atoms with Crippen LogP contribution in [-0.2, 0) is 4.79 Å². The van der Waals surface area contributed by atoms with Crippen LogP contribution in [0.25, 0.3) is 0 Å². The van der Waals surface area contributed by atoms with Crippen molar-refractivity contribution < 1.29 is 14.3 Å². The molecule has 1 aromatic carbocycles. The van der Waals surface area contributed by atoms with Gasteiger partial charge in [0.2, 0.25) is 5.91 Å². The average molecular weight is 391 g/mol. The van der Waals surface area contributed by atoms with Crippen LogP contribution in [0.1, 0.15) is 44.2 Å². The summed E-state index contributed by atoms with van der Waals surface area (Å²) in [4.78, 5) is 18.8. The Hall–Kier alpha value is -2.44. The first-order valence-corrected chi connectivity index (χ1v) is 9.77. The molecule has 1 saturated carbocycles. The zero-order chi connectivity index (χ0) is 20.7. The molecule has 1 atom stereocenters. The summed E-state index contributed by atoms with van der Waals surface area (Å²) in [5, 5.41) is 6.77. The Morgan fingerprint density at radius 2 is 1.93 bits per heavy atom. The second-order valence-corrected chi connectivity index (χ2v) is 7.59. The fraction of sp³-hybridized carbons (Fsp3) is 0.619. The number of hydrogen-bond donors (Lipinski definition) is 2. The first-order chi connectivity index (χ1) is 13.4. The van der Waals surface area contributed by atoms with E-state index in [0.717, 1.165) is 42.7 Å². The van der Waals surface area contributed by atoms with Gasteiger partial charge in [-0.1, -0.05) is 12.8 Å². The second-order valence-electron chi connectivity index (χ2n) is 7.59. The molecule has 0 spiro atoms. The molecule has 0 heterocycles. The smallest absolute Gasteiger partial charge is 0.230 e. The van der Waals surface area contributed by atoms with Crippen molar-refractivity contribution in [2.45, 2.75) is 38.6 Å². The Bertz CT molecular complexity index is 697. The van der Waals surface area contributed by atoms with Crippen LogP contribution in [0.15, 0.2) is 23.2 Å². The summed E-state index contributed by atoms with van der Waals surface area (Å²) in [7, 11) is 8.69. The van der Waals surface area contributed by atoms with E-state index in [1.165, 1.54) is 0 Å². The quantitative estimate of drug-likeness (QED) is 0.553. The molecule has 2 N–H and O–H groups in total. The third-order valence-corrected chi connectivity index (χ3v) is 5.49. The summed E-state index contributed by atoms with van der Waals surface area (Å²) in [6.07, 6.45) is 4.00. The van der Waals surface area contributed by atoms with Crippen molar-refractivity contribution in [3.8, 4) is 11.5 Å². The highest BCUT2D eigenvalue weighted by atomic mass is 16.5. The number of amides is 1. The molecule has 0 aromatic heterocycles. The predicted octanol–water partition coefficient (Wildman–Crippen LogP) is 2.58. The highest BCUT2D eigenvalue weighted by molar-refractivity contribution is 5.85. The summed E-state index contributed by atoms with van der Waals surface area (Å²) in [6, 6.07) is 5.67. The van der Waals surface area contributed by atoms with E-state index in [1.807, 2.05) is 39.2 Å². The number of methoxy groups -OCH3 is 2. The number of carbonyl (C=O) groups is 1. The molecule has 1 aliphatic rings. The van der Waals surface area contributed by atoms with Crippen molar-refractivity contribution in [1.82, 2.24) is 15.5 Å². The molecule has 1 fully saturated rings. The van der Waals surface area contributed by atoms with Crippen molar-refractivity contribution >= 4 is 11.9 Å². The Balaban J connectivity index is 2.09. The van der Waals surface area contributed by atoms with Crippen LogP contribution < -0.4 is 20.1 Å². The van der Waals surface area contributed by atoms with E-state index < -0.39 is 0 Å². The van der Waals surface area contributed by atoms with Crippen LogP contribution in [0.3, 0.4) is 0 Å². The maximum absolute atomic E-state index is 12.8. The van der Waals surface area contributed by atoms with E-state index in [4.69, 9.17) is 9.47 Å². The summed E-state index contributed by atoms with van der Waals surface area (Å²) >= 11 is 0. The van der Waals surface area contributed by atoms with Gasteiger partial charge in [-0.3, -0.25) is 9.79 Å². The molecular formula is C21H34N4O3. The van der Waals surface area contributed by atoms with Gasteiger partial charge in [0.25, 0.3) is 0 Å². The monoisotopic (exact) mass is 390 g/mol. The molecular weight excluding hydrogens is 356 g/mol. The van der Waals surface area contributed by atoms with Gasteiger partial charge in [0.05, 0.1) is 25.7 Å². The molecule has 0 saturated heterocycles. The van der Waals surface area contributed by atoms with Crippen molar-refractivity contribution in [3.05, 3.63) is 23.8 Å². The van der Waals surface area contributed by atoms with Gasteiger partial charge in [-0.05, 0) is 38.0 Å². The van der Waals surface area contributed by atoms with Crippen molar-refractivity contribution in [3.63, 3.8) is 0 Å². The highest BCUT2D eigenvalue weighted by Crippen LogP contribution is 2.39. The number of benzene rings is 1. The van der Waals surface area contributed by atoms with Crippen molar-refractivity contribution in [1.29, 1.82) is 0 Å². The number of guanidine groups is 1. The van der Waals surface area contributed by atoms with Crippen LogP contribution in [0.5, 0.6) is 11.5 Å². The highest BCUT2D eigenvalue weighted by Gasteiger charge is 2.42. The Kier molecular flexibility index (Phi) is 7.54. The number of carbonyl (C=O) groups excluding carboxylic acids is 1. The summed E-state index contributed by atoms with van der Waals surface area (Å²) in [5.41, 5.74) is 0.627. The van der Waals surface area contributed by atoms with E-state index in [2.05, 4.69) is 15.6 Å². The molecule has 7 nitrogen and oxygen atoms in total. The Morgan fingerprint density at radius 3 is 2.46 bits per heavy atom. The average Bonchev–Trinajstić information content (AvgIpc) is 3.19. The third kappa shape index (κ3) is 4.88. The lowest BCUT2D eigenvalue weighted by molar-refractivity contribution is -0.138. The fourth-order valence-corrected chi connectivity index (χ4v) is 3.90. The minimum absolute atomic E-state index is 0.0553. The lowest BCUT2D eigenvalue weighted by atomic mass is 9.84. The molecule has 28 heavy (non-hydrogen) atoms. The van der Waals surface area contributed by atoms with Gasteiger partial charge >= 0.3 is 0 Å². The summed E-state index contributed by atoms with van der Waals surface area (Å²) in [6.45, 7) is 2.62. The Labute approximate surface area is 168 Å². The lowest BCUT2D eigenvalue weighted by Gasteiger charge is -2.32. The molecule has 1 aromatic rings. The second kappa shape index (κ2) is 9.66. The van der Waals surface area contributed by atoms with Crippen LogP contribution in [-0.4, -0.2) is 58.7 Å². The van der Waals surface area contributed by atoms with Crippen LogP contribution in [0.2, 0.25) is 0 Å². The van der Waals surface area contributed by atoms with E-state index in [0.29, 0.717) is 12.5 Å². The normalized spacial score (nSPS) is 17.0. The number of nitrogens with one attached hydrogen (secondary N) is 2. The van der Waals surface area contributed by atoms with Crippen LogP contribution in [0.4, 0.5) is 0 Å². The lowest BCUT2D eigenvalue weighted by Crippen LogP contribution is -2.49. The van der Waals surface area contributed by atoms with Crippen molar-refractivity contribution in [2.24, 2.45) is 10.4 Å². The molecule has 156 valence electrons. The zero-order valence-electron chi connectivity index (χ0n) is 18.0. The maximum Gasteiger partial charge on any atom is 0.230 e. The SMILES string of the molecule is CN=C(NCC1(C(=O)N(C)C)CCCC1)NC(C)c1cc(OC)ccc1OC. The number of aliphatic imine (C=N–C) groups is 1. The number of nitrogens with zero attached hydrogens (tertiary/aromatic N) is 2. The fourth-order valence-electron chi connectivity index (χ4n) is 3.90. The van der Waals surface area contributed by atoms with Gasteiger partial charge in [0, 0.05) is 33.3 Å². The molecule has 0 aliphatic heterocycles. The third-order valence-electron chi connectivity index (χ3n) is 5.49. The van der Waals surface area contributed by atoms with Gasteiger partial charge in [0.1, 0.15) is 11.5 Å². The van der Waals surface area contributed by atoms with Gasteiger partial charge in [0.15, 0.2) is 5.96 Å². The molecule has 1 aliphatic carbocycles. The minimum atomic E-state index is -0.349. The summed E-state index contributed by atoms with van der Waals surface area (Å²) < 4.78 is 10.8. The van der Waals surface area contributed by atoms with E-state index in [1.54, 1.807) is 26.2 Å². The zero-order valence-corrected chi connectivity index (χ0v) is 18.0. The Morgan fingerprint density at radius 1 is 1.25 bits per heavy atom. The van der Waals surface area contributed by atoms with Gasteiger partial charge in [-0.25, -0.2) is 0 Å². The van der Waals surface area contributed by atoms with E-state index in [9.17, 15) is 4.79 Å². The predicted molar refractivity (Wildman–Crippen MR) is 112 cm³/mol. The van der Waals surface area contributed by atoms with E-state index >= 15 is 0 Å².